The maximum atomic E-state index is 5.45. The Hall–Kier alpha value is -1.52. The first-order valence-electron chi connectivity index (χ1n) is 5.71. The first-order chi connectivity index (χ1) is 8.80. The molecule has 1 N–H and O–H groups in total. The normalized spacial score (nSPS) is 12.2. The molecule has 2 rings (SSSR count). The summed E-state index contributed by atoms with van der Waals surface area (Å²) in [6, 6.07) is 8.16. The van der Waals surface area contributed by atoms with Crippen LogP contribution in [0.5, 0.6) is 11.5 Å². The zero-order chi connectivity index (χ0) is 13.0. The third-order valence-corrected chi connectivity index (χ3v) is 3.62. The quantitative estimate of drug-likeness (QED) is 0.899. The van der Waals surface area contributed by atoms with Crippen molar-refractivity contribution in [3.05, 3.63) is 46.2 Å². The van der Waals surface area contributed by atoms with Gasteiger partial charge in [-0.05, 0) is 41.6 Å². The molecule has 18 heavy (non-hydrogen) atoms. The van der Waals surface area contributed by atoms with Crippen molar-refractivity contribution < 1.29 is 9.47 Å². The van der Waals surface area contributed by atoms with Crippen molar-refractivity contribution >= 4 is 11.3 Å². The summed E-state index contributed by atoms with van der Waals surface area (Å²) in [4.78, 5) is 0. The van der Waals surface area contributed by atoms with Crippen LogP contribution in [-0.2, 0) is 0 Å². The molecular formula is C14H17NO2S. The van der Waals surface area contributed by atoms with Crippen LogP contribution in [-0.4, -0.2) is 21.3 Å². The second kappa shape index (κ2) is 5.89. The smallest absolute Gasteiger partial charge is 0.127 e. The average Bonchev–Trinajstić information content (AvgIpc) is 2.94. The van der Waals surface area contributed by atoms with E-state index in [1.165, 1.54) is 5.56 Å². The van der Waals surface area contributed by atoms with E-state index in [0.29, 0.717) is 0 Å². The van der Waals surface area contributed by atoms with Crippen LogP contribution in [0, 0.1) is 0 Å². The van der Waals surface area contributed by atoms with E-state index in [0.717, 1.165) is 17.1 Å². The van der Waals surface area contributed by atoms with Crippen molar-refractivity contribution in [1.29, 1.82) is 0 Å². The van der Waals surface area contributed by atoms with E-state index in [1.54, 1.807) is 25.6 Å². The molecule has 3 nitrogen and oxygen atoms in total. The number of nitrogens with one attached hydrogen (secondary N) is 1. The Bertz CT molecular complexity index is 497. The summed E-state index contributed by atoms with van der Waals surface area (Å²) >= 11 is 1.69. The number of benzene rings is 1. The van der Waals surface area contributed by atoms with Gasteiger partial charge in [-0.3, -0.25) is 0 Å². The van der Waals surface area contributed by atoms with Gasteiger partial charge in [0.25, 0.3) is 0 Å². The van der Waals surface area contributed by atoms with Crippen LogP contribution in [0.3, 0.4) is 0 Å². The van der Waals surface area contributed by atoms with Crippen LogP contribution in [0.25, 0.3) is 0 Å². The van der Waals surface area contributed by atoms with Gasteiger partial charge in [0.15, 0.2) is 0 Å². The van der Waals surface area contributed by atoms with Crippen molar-refractivity contribution in [2.24, 2.45) is 0 Å². The molecule has 0 aliphatic carbocycles. The van der Waals surface area contributed by atoms with Gasteiger partial charge in [0.2, 0.25) is 0 Å². The second-order valence-electron chi connectivity index (χ2n) is 3.89. The van der Waals surface area contributed by atoms with E-state index in [9.17, 15) is 0 Å². The Balaban J connectivity index is 2.42. The van der Waals surface area contributed by atoms with Gasteiger partial charge in [-0.2, -0.15) is 11.3 Å². The summed E-state index contributed by atoms with van der Waals surface area (Å²) in [6.07, 6.45) is 0. The molecule has 0 aliphatic heterocycles. The topological polar surface area (TPSA) is 30.5 Å². The lowest BCUT2D eigenvalue weighted by Gasteiger charge is -2.19. The fraction of sp³-hybridized carbons (Fsp3) is 0.286. The summed E-state index contributed by atoms with van der Waals surface area (Å²) < 4.78 is 10.7. The van der Waals surface area contributed by atoms with Crippen molar-refractivity contribution in [2.45, 2.75) is 6.04 Å². The SMILES string of the molecule is CNC(c1ccsc1)c1ccc(OC)cc1OC. The number of ether oxygens (including phenoxy) is 2. The van der Waals surface area contributed by atoms with Crippen molar-refractivity contribution in [3.63, 3.8) is 0 Å². The minimum absolute atomic E-state index is 0.136. The lowest BCUT2D eigenvalue weighted by atomic mass is 10.0. The first-order valence-corrected chi connectivity index (χ1v) is 6.65. The molecular weight excluding hydrogens is 246 g/mol. The molecule has 0 fully saturated rings. The number of methoxy groups -OCH3 is 2. The molecule has 0 bridgehead atoms. The molecule has 1 unspecified atom stereocenters. The maximum Gasteiger partial charge on any atom is 0.127 e. The summed E-state index contributed by atoms with van der Waals surface area (Å²) in [5.41, 5.74) is 2.35. The van der Waals surface area contributed by atoms with Crippen molar-refractivity contribution in [2.75, 3.05) is 21.3 Å². The Morgan fingerprint density at radius 1 is 1.17 bits per heavy atom. The number of rotatable bonds is 5. The third-order valence-electron chi connectivity index (χ3n) is 2.92. The Morgan fingerprint density at radius 3 is 2.56 bits per heavy atom. The standard InChI is InChI=1S/C14H17NO2S/c1-15-14(10-6-7-18-9-10)12-5-4-11(16-2)8-13(12)17-3/h4-9,14-15H,1-3H3. The Labute approximate surface area is 111 Å². The summed E-state index contributed by atoms with van der Waals surface area (Å²) in [5, 5.41) is 7.54. The van der Waals surface area contributed by atoms with Gasteiger partial charge < -0.3 is 14.8 Å². The fourth-order valence-corrected chi connectivity index (χ4v) is 2.68. The van der Waals surface area contributed by atoms with Gasteiger partial charge in [-0.1, -0.05) is 0 Å². The van der Waals surface area contributed by atoms with Crippen LogP contribution in [0.15, 0.2) is 35.0 Å². The average molecular weight is 263 g/mol. The van der Waals surface area contributed by atoms with Gasteiger partial charge >= 0.3 is 0 Å². The molecule has 0 saturated heterocycles. The Kier molecular flexibility index (Phi) is 4.23. The fourth-order valence-electron chi connectivity index (χ4n) is 2.00. The van der Waals surface area contributed by atoms with Gasteiger partial charge in [0.1, 0.15) is 11.5 Å². The van der Waals surface area contributed by atoms with Crippen LogP contribution in [0.1, 0.15) is 17.2 Å². The van der Waals surface area contributed by atoms with E-state index in [2.05, 4.69) is 22.1 Å². The van der Waals surface area contributed by atoms with Gasteiger partial charge in [0, 0.05) is 11.6 Å². The summed E-state index contributed by atoms with van der Waals surface area (Å²) in [5.74, 6) is 1.63. The molecule has 0 saturated carbocycles. The van der Waals surface area contributed by atoms with Crippen molar-refractivity contribution in [3.8, 4) is 11.5 Å². The number of hydrogen-bond acceptors (Lipinski definition) is 4. The molecule has 1 atom stereocenters. The summed E-state index contributed by atoms with van der Waals surface area (Å²) in [6.45, 7) is 0. The highest BCUT2D eigenvalue weighted by atomic mass is 32.1. The van der Waals surface area contributed by atoms with Crippen LogP contribution < -0.4 is 14.8 Å². The van der Waals surface area contributed by atoms with Crippen molar-refractivity contribution in [1.82, 2.24) is 5.32 Å². The zero-order valence-corrected chi connectivity index (χ0v) is 11.6. The van der Waals surface area contributed by atoms with Gasteiger partial charge in [0.05, 0.1) is 20.3 Å². The molecule has 4 heteroatoms. The van der Waals surface area contributed by atoms with E-state index in [-0.39, 0.29) is 6.04 Å². The second-order valence-corrected chi connectivity index (χ2v) is 4.67. The molecule has 0 amide bonds. The predicted octanol–water partition coefficient (Wildman–Crippen LogP) is 3.07. The molecule has 0 radical (unpaired) electrons. The summed E-state index contributed by atoms with van der Waals surface area (Å²) in [7, 11) is 5.29. The van der Waals surface area contributed by atoms with E-state index in [1.807, 2.05) is 25.2 Å². The monoisotopic (exact) mass is 263 g/mol. The first kappa shape index (κ1) is 12.9. The van der Waals surface area contributed by atoms with E-state index in [4.69, 9.17) is 9.47 Å². The van der Waals surface area contributed by atoms with Crippen LogP contribution in [0.2, 0.25) is 0 Å². The Morgan fingerprint density at radius 2 is 2.00 bits per heavy atom. The minimum Gasteiger partial charge on any atom is -0.497 e. The minimum atomic E-state index is 0.136. The molecule has 1 aromatic heterocycles. The lowest BCUT2D eigenvalue weighted by Crippen LogP contribution is -2.17. The van der Waals surface area contributed by atoms with Gasteiger partial charge in [-0.25, -0.2) is 0 Å². The molecule has 1 aromatic carbocycles. The predicted molar refractivity (Wildman–Crippen MR) is 74.8 cm³/mol. The zero-order valence-electron chi connectivity index (χ0n) is 10.8. The third kappa shape index (κ3) is 2.49. The highest BCUT2D eigenvalue weighted by Crippen LogP contribution is 2.33. The largest absolute Gasteiger partial charge is 0.497 e. The molecule has 2 aromatic rings. The molecule has 0 aliphatic rings. The number of hydrogen-bond donors (Lipinski definition) is 1. The molecule has 0 spiro atoms. The molecule has 96 valence electrons. The molecule has 1 heterocycles. The van der Waals surface area contributed by atoms with E-state index < -0.39 is 0 Å². The maximum absolute atomic E-state index is 5.45. The highest BCUT2D eigenvalue weighted by molar-refractivity contribution is 7.08. The number of thiophene rings is 1. The van der Waals surface area contributed by atoms with E-state index >= 15 is 0 Å². The lowest BCUT2D eigenvalue weighted by molar-refractivity contribution is 0.388. The van der Waals surface area contributed by atoms with Crippen LogP contribution in [0.4, 0.5) is 0 Å². The van der Waals surface area contributed by atoms with Crippen LogP contribution >= 0.6 is 11.3 Å². The highest BCUT2D eigenvalue weighted by Gasteiger charge is 2.17. The van der Waals surface area contributed by atoms with Gasteiger partial charge in [-0.15, -0.1) is 0 Å².